The Bertz CT molecular complexity index is 705. The van der Waals surface area contributed by atoms with E-state index in [-0.39, 0.29) is 19.0 Å². The summed E-state index contributed by atoms with van der Waals surface area (Å²) in [5, 5.41) is 21.0. The zero-order valence-corrected chi connectivity index (χ0v) is 13.9. The second-order valence-corrected chi connectivity index (χ2v) is 5.91. The molecule has 0 fully saturated rings. The summed E-state index contributed by atoms with van der Waals surface area (Å²) in [7, 11) is 0. The molecule has 0 aliphatic heterocycles. The molecular weight excluding hydrogens is 322 g/mol. The molecule has 0 aliphatic rings. The molecule has 0 spiro atoms. The summed E-state index contributed by atoms with van der Waals surface area (Å²) in [6, 6.07) is 13.1. The summed E-state index contributed by atoms with van der Waals surface area (Å²) < 4.78 is 0. The van der Waals surface area contributed by atoms with Gasteiger partial charge in [-0.05, 0) is 30.7 Å². The fourth-order valence-corrected chi connectivity index (χ4v) is 2.16. The monoisotopic (exact) mass is 343 g/mol. The van der Waals surface area contributed by atoms with Gasteiger partial charge >= 0.3 is 5.97 Å². The molecular formula is C18H21N3O4. The third-order valence-electron chi connectivity index (χ3n) is 3.64. The van der Waals surface area contributed by atoms with E-state index in [1.807, 2.05) is 47.4 Å². The van der Waals surface area contributed by atoms with Gasteiger partial charge < -0.3 is 20.4 Å². The molecule has 1 unspecified atom stereocenters. The van der Waals surface area contributed by atoms with Crippen molar-refractivity contribution < 1.29 is 19.8 Å². The van der Waals surface area contributed by atoms with Crippen molar-refractivity contribution in [2.75, 3.05) is 18.0 Å². The second-order valence-electron chi connectivity index (χ2n) is 5.91. The van der Waals surface area contributed by atoms with Crippen molar-refractivity contribution in [1.29, 1.82) is 0 Å². The first-order valence-electron chi connectivity index (χ1n) is 7.80. The Hall–Kier alpha value is -2.93. The maximum atomic E-state index is 12.2. The van der Waals surface area contributed by atoms with E-state index in [0.717, 1.165) is 18.2 Å². The van der Waals surface area contributed by atoms with E-state index in [4.69, 9.17) is 5.11 Å². The molecule has 1 amide bonds. The molecule has 0 radical (unpaired) electrons. The van der Waals surface area contributed by atoms with Crippen LogP contribution in [0, 0.1) is 0 Å². The number of carbonyl (C=O) groups excluding carboxylic acids is 1. The molecule has 0 bridgehead atoms. The molecule has 1 heterocycles. The lowest BCUT2D eigenvalue weighted by Crippen LogP contribution is -2.48. The summed E-state index contributed by atoms with van der Waals surface area (Å²) >= 11 is 0. The molecule has 2 rings (SSSR count). The predicted octanol–water partition coefficient (Wildman–Crippen LogP) is 1.04. The number of rotatable bonds is 8. The number of carbonyl (C=O) groups is 2. The van der Waals surface area contributed by atoms with E-state index >= 15 is 0 Å². The van der Waals surface area contributed by atoms with E-state index in [2.05, 4.69) is 10.3 Å². The van der Waals surface area contributed by atoms with Crippen molar-refractivity contribution in [1.82, 2.24) is 10.3 Å². The first-order chi connectivity index (χ1) is 11.9. The van der Waals surface area contributed by atoms with Gasteiger partial charge in [0.25, 0.3) is 0 Å². The van der Waals surface area contributed by atoms with Gasteiger partial charge in [-0.3, -0.25) is 9.78 Å². The number of benzene rings is 1. The Kier molecular flexibility index (Phi) is 6.08. The van der Waals surface area contributed by atoms with E-state index < -0.39 is 11.6 Å². The van der Waals surface area contributed by atoms with Crippen molar-refractivity contribution in [3.8, 4) is 0 Å². The molecule has 1 aromatic carbocycles. The SMILES string of the molecule is CC(O)(CNC(=O)CN(Cc1cccnc1)c1ccccc1)C(=O)O. The summed E-state index contributed by atoms with van der Waals surface area (Å²) in [6.45, 7) is 1.27. The van der Waals surface area contributed by atoms with Gasteiger partial charge in [0.2, 0.25) is 5.91 Å². The number of aromatic nitrogens is 1. The molecule has 1 aromatic heterocycles. The second kappa shape index (κ2) is 8.25. The highest BCUT2D eigenvalue weighted by Gasteiger charge is 2.30. The number of para-hydroxylation sites is 1. The van der Waals surface area contributed by atoms with E-state index in [9.17, 15) is 14.7 Å². The van der Waals surface area contributed by atoms with Gasteiger partial charge in [-0.2, -0.15) is 0 Å². The lowest BCUT2D eigenvalue weighted by molar-refractivity contribution is -0.156. The highest BCUT2D eigenvalue weighted by molar-refractivity contribution is 5.83. The number of pyridine rings is 1. The minimum atomic E-state index is -2.00. The maximum Gasteiger partial charge on any atom is 0.337 e. The first kappa shape index (κ1) is 18.4. The van der Waals surface area contributed by atoms with Gasteiger partial charge in [-0.25, -0.2) is 4.79 Å². The minimum absolute atomic E-state index is 0.0224. The van der Waals surface area contributed by atoms with Crippen molar-refractivity contribution in [3.05, 3.63) is 60.4 Å². The Morgan fingerprint density at radius 1 is 1.20 bits per heavy atom. The van der Waals surface area contributed by atoms with Crippen molar-refractivity contribution >= 4 is 17.6 Å². The number of anilines is 1. The van der Waals surface area contributed by atoms with E-state index in [1.165, 1.54) is 0 Å². The van der Waals surface area contributed by atoms with Gasteiger partial charge in [-0.1, -0.05) is 24.3 Å². The average Bonchev–Trinajstić information content (AvgIpc) is 2.61. The number of carboxylic acid groups (broad SMARTS) is 1. The minimum Gasteiger partial charge on any atom is -0.479 e. The highest BCUT2D eigenvalue weighted by Crippen LogP contribution is 2.16. The van der Waals surface area contributed by atoms with Crippen LogP contribution < -0.4 is 10.2 Å². The quantitative estimate of drug-likeness (QED) is 0.662. The van der Waals surface area contributed by atoms with Crippen LogP contribution in [0.1, 0.15) is 12.5 Å². The fourth-order valence-electron chi connectivity index (χ4n) is 2.16. The summed E-state index contributed by atoms with van der Waals surface area (Å²) in [5.74, 6) is -1.77. The fraction of sp³-hybridized carbons (Fsp3) is 0.278. The number of aliphatic carboxylic acids is 1. The smallest absolute Gasteiger partial charge is 0.337 e. The van der Waals surface area contributed by atoms with Crippen LogP contribution in [0.15, 0.2) is 54.9 Å². The van der Waals surface area contributed by atoms with Gasteiger partial charge in [0, 0.05) is 24.6 Å². The normalized spacial score (nSPS) is 12.9. The standard InChI is InChI=1S/C18H21N3O4/c1-18(25,17(23)24)13-20-16(22)12-21(15-7-3-2-4-8-15)11-14-6-5-9-19-10-14/h2-10,25H,11-13H2,1H3,(H,20,22)(H,23,24). The van der Waals surface area contributed by atoms with Gasteiger partial charge in [-0.15, -0.1) is 0 Å². The molecule has 0 saturated heterocycles. The van der Waals surface area contributed by atoms with Crippen LogP contribution in [-0.2, 0) is 16.1 Å². The van der Waals surface area contributed by atoms with E-state index in [0.29, 0.717) is 6.54 Å². The highest BCUT2D eigenvalue weighted by atomic mass is 16.4. The summed E-state index contributed by atoms with van der Waals surface area (Å²) in [6.07, 6.45) is 3.40. The van der Waals surface area contributed by atoms with Gasteiger partial charge in [0.05, 0.1) is 13.1 Å². The zero-order chi connectivity index (χ0) is 18.3. The number of nitrogens with zero attached hydrogens (tertiary/aromatic N) is 2. The maximum absolute atomic E-state index is 12.2. The zero-order valence-electron chi connectivity index (χ0n) is 13.9. The molecule has 25 heavy (non-hydrogen) atoms. The van der Waals surface area contributed by atoms with Gasteiger partial charge in [0.15, 0.2) is 5.60 Å². The number of carboxylic acids is 1. The van der Waals surface area contributed by atoms with Crippen LogP contribution in [-0.4, -0.2) is 45.8 Å². The third kappa shape index (κ3) is 5.58. The Morgan fingerprint density at radius 3 is 2.52 bits per heavy atom. The topological polar surface area (TPSA) is 103 Å². The molecule has 2 aromatic rings. The lowest BCUT2D eigenvalue weighted by Gasteiger charge is -2.25. The number of amides is 1. The largest absolute Gasteiger partial charge is 0.479 e. The van der Waals surface area contributed by atoms with Crippen molar-refractivity contribution in [2.45, 2.75) is 19.1 Å². The van der Waals surface area contributed by atoms with Crippen molar-refractivity contribution in [2.24, 2.45) is 0 Å². The van der Waals surface area contributed by atoms with Crippen LogP contribution >= 0.6 is 0 Å². The molecule has 0 aliphatic carbocycles. The molecule has 3 N–H and O–H groups in total. The molecule has 132 valence electrons. The van der Waals surface area contributed by atoms with Crippen LogP contribution in [0.3, 0.4) is 0 Å². The Morgan fingerprint density at radius 2 is 1.92 bits per heavy atom. The van der Waals surface area contributed by atoms with E-state index in [1.54, 1.807) is 12.4 Å². The third-order valence-corrected chi connectivity index (χ3v) is 3.64. The van der Waals surface area contributed by atoms with Crippen LogP contribution in [0.2, 0.25) is 0 Å². The summed E-state index contributed by atoms with van der Waals surface area (Å²) in [5.41, 5.74) is -0.209. The Labute approximate surface area is 145 Å². The first-order valence-corrected chi connectivity index (χ1v) is 7.80. The van der Waals surface area contributed by atoms with Gasteiger partial charge in [0.1, 0.15) is 0 Å². The van der Waals surface area contributed by atoms with Crippen LogP contribution in [0.5, 0.6) is 0 Å². The summed E-state index contributed by atoms with van der Waals surface area (Å²) in [4.78, 5) is 29.0. The number of hydrogen-bond acceptors (Lipinski definition) is 5. The Balaban J connectivity index is 2.06. The molecule has 7 heteroatoms. The molecule has 7 nitrogen and oxygen atoms in total. The average molecular weight is 343 g/mol. The lowest BCUT2D eigenvalue weighted by atomic mass is 10.1. The number of hydrogen-bond donors (Lipinski definition) is 3. The number of nitrogens with one attached hydrogen (secondary N) is 1. The van der Waals surface area contributed by atoms with Crippen LogP contribution in [0.25, 0.3) is 0 Å². The van der Waals surface area contributed by atoms with Crippen molar-refractivity contribution in [3.63, 3.8) is 0 Å². The predicted molar refractivity (Wildman–Crippen MR) is 93.0 cm³/mol. The molecule has 0 saturated carbocycles. The molecule has 1 atom stereocenters. The number of aliphatic hydroxyl groups is 1. The van der Waals surface area contributed by atoms with Crippen LogP contribution in [0.4, 0.5) is 5.69 Å².